The van der Waals surface area contributed by atoms with Gasteiger partial charge in [-0.1, -0.05) is 36.4 Å². The molecule has 2 N–H and O–H groups in total. The van der Waals surface area contributed by atoms with Gasteiger partial charge in [-0.15, -0.1) is 0 Å². The van der Waals surface area contributed by atoms with Crippen LogP contribution in [0.4, 0.5) is 18.9 Å². The van der Waals surface area contributed by atoms with E-state index >= 15 is 0 Å². The van der Waals surface area contributed by atoms with E-state index in [0.29, 0.717) is 16.8 Å². The monoisotopic (exact) mass is 577 g/mol. The van der Waals surface area contributed by atoms with Crippen LogP contribution in [0, 0.1) is 5.92 Å². The summed E-state index contributed by atoms with van der Waals surface area (Å²) in [5.74, 6) is -5.34. The Bertz CT molecular complexity index is 1590. The number of nitrogens with two attached hydrogens (primary N) is 1. The number of halogens is 3. The smallest absolute Gasteiger partial charge is 0.416 e. The maximum Gasteiger partial charge on any atom is 0.416 e. The number of methoxy groups -OCH3 is 2. The van der Waals surface area contributed by atoms with Crippen LogP contribution < -0.4 is 10.6 Å². The molecule has 42 heavy (non-hydrogen) atoms. The van der Waals surface area contributed by atoms with Crippen LogP contribution in [0.15, 0.2) is 102 Å². The Morgan fingerprint density at radius 1 is 0.952 bits per heavy atom. The fraction of sp³-hybridized carbons (Fsp3) is 0.226. The minimum Gasteiger partial charge on any atom is -0.468 e. The Balaban J connectivity index is 1.80. The molecule has 0 saturated heterocycles. The van der Waals surface area contributed by atoms with Crippen molar-refractivity contribution in [3.8, 4) is 0 Å². The Labute approximate surface area is 239 Å². The zero-order chi connectivity index (χ0) is 30.2. The average molecular weight is 578 g/mol. The maximum atomic E-state index is 14.5. The molecular weight excluding hydrogens is 551 g/mol. The molecule has 2 heterocycles. The molecule has 3 atom stereocenters. The first-order valence-electron chi connectivity index (χ1n) is 12.9. The molecule has 3 aromatic rings. The van der Waals surface area contributed by atoms with Gasteiger partial charge in [0, 0.05) is 35.3 Å². The summed E-state index contributed by atoms with van der Waals surface area (Å²) in [7, 11) is 2.34. The number of hydrogen-bond acceptors (Lipinski definition) is 8. The Morgan fingerprint density at radius 3 is 2.19 bits per heavy atom. The highest BCUT2D eigenvalue weighted by Crippen LogP contribution is 2.51. The van der Waals surface area contributed by atoms with Crippen molar-refractivity contribution in [1.29, 1.82) is 0 Å². The summed E-state index contributed by atoms with van der Waals surface area (Å²) in [5, 5.41) is 0. The Hall–Kier alpha value is -4.93. The van der Waals surface area contributed by atoms with E-state index in [1.807, 2.05) is 0 Å². The van der Waals surface area contributed by atoms with E-state index in [9.17, 15) is 27.6 Å². The summed E-state index contributed by atoms with van der Waals surface area (Å²) in [6.07, 6.45) is -1.51. The normalized spacial score (nSPS) is 20.7. The molecule has 2 aliphatic rings. The molecule has 11 heteroatoms. The first kappa shape index (κ1) is 28.6. The first-order chi connectivity index (χ1) is 20.1. The summed E-state index contributed by atoms with van der Waals surface area (Å²) in [6.45, 7) is 0. The molecule has 0 bridgehead atoms. The number of benzene rings is 2. The largest absolute Gasteiger partial charge is 0.468 e. The summed E-state index contributed by atoms with van der Waals surface area (Å²) in [4.78, 5) is 46.5. The molecule has 0 unspecified atom stereocenters. The average Bonchev–Trinajstić information content (AvgIpc) is 3.00. The van der Waals surface area contributed by atoms with Crippen LogP contribution in [-0.2, 0) is 30.0 Å². The molecule has 0 radical (unpaired) electrons. The predicted molar refractivity (Wildman–Crippen MR) is 145 cm³/mol. The summed E-state index contributed by atoms with van der Waals surface area (Å²) >= 11 is 0. The molecule has 1 aliphatic heterocycles. The molecule has 5 rings (SSSR count). The van der Waals surface area contributed by atoms with Gasteiger partial charge in [0.25, 0.3) is 0 Å². The van der Waals surface area contributed by atoms with Crippen LogP contribution in [0.2, 0.25) is 0 Å². The van der Waals surface area contributed by atoms with Crippen molar-refractivity contribution in [2.45, 2.75) is 24.4 Å². The van der Waals surface area contributed by atoms with Gasteiger partial charge in [0.2, 0.25) is 0 Å². The molecule has 1 aliphatic carbocycles. The topological polar surface area (TPSA) is 112 Å². The molecule has 0 amide bonds. The molecule has 8 nitrogen and oxygen atoms in total. The Morgan fingerprint density at radius 2 is 1.62 bits per heavy atom. The number of carbonyl (C=O) groups is 3. The lowest BCUT2D eigenvalue weighted by atomic mass is 9.67. The van der Waals surface area contributed by atoms with Gasteiger partial charge in [-0.3, -0.25) is 19.5 Å². The number of hydrogen-bond donors (Lipinski definition) is 1. The van der Waals surface area contributed by atoms with E-state index in [1.54, 1.807) is 42.5 Å². The number of aromatic nitrogens is 1. The number of Topliss-reactive ketones (excluding diaryl/α,β-unsaturated/α-hetero) is 1. The van der Waals surface area contributed by atoms with Gasteiger partial charge in [-0.05, 0) is 47.9 Å². The predicted octanol–water partition coefficient (Wildman–Crippen LogP) is 4.85. The molecular formula is C31H26F3N3O5. The minimum absolute atomic E-state index is 0.0811. The number of esters is 2. The van der Waals surface area contributed by atoms with Gasteiger partial charge in [-0.25, -0.2) is 4.79 Å². The Kier molecular flexibility index (Phi) is 7.59. The number of nitrogens with zero attached hydrogens (tertiary/aromatic N) is 2. The quantitative estimate of drug-likeness (QED) is 0.339. The second-order valence-corrected chi connectivity index (χ2v) is 9.84. The molecule has 2 aromatic carbocycles. The standard InChI is InChI=1S/C31H26F3N3O5/c1-41-29(39)24-21(17-7-4-3-5-8-17)15-22-25(27(24)38)23(18-9-6-14-36-16-18)26(30(40)42-2)28(35)37(22)20-12-10-19(11-13-20)31(32,33)34/h3-14,16,21,23-24H,15,35H2,1-2H3/t21-,23+,24-/m1/s1. The first-order valence-corrected chi connectivity index (χ1v) is 12.9. The summed E-state index contributed by atoms with van der Waals surface area (Å²) in [5.41, 5.74) is 7.41. The fourth-order valence-corrected chi connectivity index (χ4v) is 5.72. The van der Waals surface area contributed by atoms with Crippen molar-refractivity contribution in [2.75, 3.05) is 19.1 Å². The number of rotatable bonds is 5. The van der Waals surface area contributed by atoms with Gasteiger partial charge in [0.05, 0.1) is 31.3 Å². The van der Waals surface area contributed by atoms with E-state index in [2.05, 4.69) is 4.98 Å². The van der Waals surface area contributed by atoms with Crippen molar-refractivity contribution < 1.29 is 37.0 Å². The maximum absolute atomic E-state index is 14.5. The molecule has 1 aromatic heterocycles. The number of alkyl halides is 3. The van der Waals surface area contributed by atoms with Crippen LogP contribution >= 0.6 is 0 Å². The SMILES string of the molecule is COC(=O)C1=C(N)N(c2ccc(C(F)(F)F)cc2)C2=C(C(=O)[C@H](C(=O)OC)[C@@H](c3ccccc3)C2)[C@@H]1c1cccnc1. The number of ether oxygens (including phenoxy) is 2. The van der Waals surface area contributed by atoms with Crippen molar-refractivity contribution in [3.63, 3.8) is 0 Å². The number of ketones is 1. The second kappa shape index (κ2) is 11.2. The van der Waals surface area contributed by atoms with Gasteiger partial charge in [-0.2, -0.15) is 13.2 Å². The fourth-order valence-electron chi connectivity index (χ4n) is 5.72. The van der Waals surface area contributed by atoms with Crippen LogP contribution in [-0.4, -0.2) is 36.9 Å². The van der Waals surface area contributed by atoms with E-state index in [4.69, 9.17) is 15.2 Å². The van der Waals surface area contributed by atoms with Crippen LogP contribution in [0.3, 0.4) is 0 Å². The zero-order valence-electron chi connectivity index (χ0n) is 22.6. The van der Waals surface area contributed by atoms with Gasteiger partial charge >= 0.3 is 18.1 Å². The lowest BCUT2D eigenvalue weighted by Gasteiger charge is -2.44. The molecule has 216 valence electrons. The third-order valence-electron chi connectivity index (χ3n) is 7.60. The van der Waals surface area contributed by atoms with Gasteiger partial charge < -0.3 is 15.2 Å². The van der Waals surface area contributed by atoms with E-state index in [0.717, 1.165) is 19.2 Å². The van der Waals surface area contributed by atoms with E-state index < -0.39 is 47.2 Å². The third kappa shape index (κ3) is 4.91. The van der Waals surface area contributed by atoms with Gasteiger partial charge in [0.15, 0.2) is 5.78 Å². The van der Waals surface area contributed by atoms with Gasteiger partial charge in [0.1, 0.15) is 11.7 Å². The molecule has 0 saturated carbocycles. The van der Waals surface area contributed by atoms with Crippen molar-refractivity contribution in [3.05, 3.63) is 118 Å². The highest BCUT2D eigenvalue weighted by Gasteiger charge is 2.51. The summed E-state index contributed by atoms with van der Waals surface area (Å²) in [6, 6.07) is 16.4. The van der Waals surface area contributed by atoms with Crippen molar-refractivity contribution >= 4 is 23.4 Å². The highest BCUT2D eigenvalue weighted by molar-refractivity contribution is 6.14. The number of allylic oxidation sites excluding steroid dienone is 2. The van der Waals surface area contributed by atoms with Crippen molar-refractivity contribution in [2.24, 2.45) is 11.7 Å². The lowest BCUT2D eigenvalue weighted by Crippen LogP contribution is -2.46. The number of pyridine rings is 1. The lowest BCUT2D eigenvalue weighted by molar-refractivity contribution is -0.150. The number of carbonyl (C=O) groups excluding carboxylic acids is 3. The minimum atomic E-state index is -4.58. The third-order valence-corrected chi connectivity index (χ3v) is 7.60. The van der Waals surface area contributed by atoms with E-state index in [1.165, 1.54) is 36.5 Å². The summed E-state index contributed by atoms with van der Waals surface area (Å²) < 4.78 is 50.3. The second-order valence-electron chi connectivity index (χ2n) is 9.84. The number of anilines is 1. The van der Waals surface area contributed by atoms with Crippen LogP contribution in [0.1, 0.15) is 34.9 Å². The van der Waals surface area contributed by atoms with Crippen molar-refractivity contribution in [1.82, 2.24) is 4.98 Å². The van der Waals surface area contributed by atoms with E-state index in [-0.39, 0.29) is 29.1 Å². The van der Waals surface area contributed by atoms with Crippen LogP contribution in [0.25, 0.3) is 0 Å². The molecule has 0 fully saturated rings. The molecule has 0 spiro atoms. The zero-order valence-corrected chi connectivity index (χ0v) is 22.6. The van der Waals surface area contributed by atoms with Crippen LogP contribution in [0.5, 0.6) is 0 Å². The highest BCUT2D eigenvalue weighted by atomic mass is 19.4.